The third kappa shape index (κ3) is 3.39. The number of carbonyl (C=O) groups is 1. The minimum Gasteiger partial charge on any atom is -0.493 e. The van der Waals surface area contributed by atoms with E-state index in [1.54, 1.807) is 49.7 Å². The van der Waals surface area contributed by atoms with Gasteiger partial charge in [-0.1, -0.05) is 12.1 Å². The number of ether oxygens (including phenoxy) is 2. The number of benzene rings is 1. The largest absolute Gasteiger partial charge is 0.493 e. The van der Waals surface area contributed by atoms with E-state index in [2.05, 4.69) is 4.98 Å². The smallest absolute Gasteiger partial charge is 0.336 e. The SMILES string of the molecule is COc1ccc(C=C(C(=O)O)c2cccnc2)cc1OC. The molecule has 1 N–H and O–H groups in total. The summed E-state index contributed by atoms with van der Waals surface area (Å²) in [6, 6.07) is 8.61. The molecule has 1 aromatic carbocycles. The van der Waals surface area contributed by atoms with Gasteiger partial charge in [0.2, 0.25) is 0 Å². The highest BCUT2D eigenvalue weighted by Crippen LogP contribution is 2.29. The molecule has 0 saturated carbocycles. The van der Waals surface area contributed by atoms with E-state index in [9.17, 15) is 9.90 Å². The highest BCUT2D eigenvalue weighted by atomic mass is 16.5. The number of carboxylic acids is 1. The summed E-state index contributed by atoms with van der Waals surface area (Å²) in [4.78, 5) is 15.4. The number of rotatable bonds is 5. The maximum Gasteiger partial charge on any atom is 0.336 e. The lowest BCUT2D eigenvalue weighted by molar-refractivity contribution is -0.130. The monoisotopic (exact) mass is 285 g/mol. The van der Waals surface area contributed by atoms with Crippen molar-refractivity contribution in [2.75, 3.05) is 14.2 Å². The highest BCUT2D eigenvalue weighted by molar-refractivity contribution is 6.20. The van der Waals surface area contributed by atoms with Crippen LogP contribution < -0.4 is 9.47 Å². The molecule has 0 aliphatic carbocycles. The molecule has 2 aromatic rings. The van der Waals surface area contributed by atoms with Gasteiger partial charge in [0.15, 0.2) is 11.5 Å². The number of methoxy groups -OCH3 is 2. The number of pyridine rings is 1. The van der Waals surface area contributed by atoms with Crippen molar-refractivity contribution >= 4 is 17.6 Å². The summed E-state index contributed by atoms with van der Waals surface area (Å²) in [5, 5.41) is 9.36. The van der Waals surface area contributed by atoms with Crippen LogP contribution in [0.25, 0.3) is 11.6 Å². The van der Waals surface area contributed by atoms with Crippen molar-refractivity contribution in [3.8, 4) is 11.5 Å². The van der Waals surface area contributed by atoms with Gasteiger partial charge in [0.1, 0.15) is 0 Å². The fraction of sp³-hybridized carbons (Fsp3) is 0.125. The fourth-order valence-corrected chi connectivity index (χ4v) is 1.90. The Hall–Kier alpha value is -2.82. The van der Waals surface area contributed by atoms with Crippen molar-refractivity contribution in [1.82, 2.24) is 4.98 Å². The summed E-state index contributed by atoms with van der Waals surface area (Å²) in [7, 11) is 3.08. The Morgan fingerprint density at radius 2 is 1.95 bits per heavy atom. The van der Waals surface area contributed by atoms with Crippen LogP contribution in [0.5, 0.6) is 11.5 Å². The molecular weight excluding hydrogens is 270 g/mol. The van der Waals surface area contributed by atoms with E-state index >= 15 is 0 Å². The molecule has 0 unspecified atom stereocenters. The summed E-state index contributed by atoms with van der Waals surface area (Å²) in [6.45, 7) is 0. The average molecular weight is 285 g/mol. The number of aliphatic carboxylic acids is 1. The van der Waals surface area contributed by atoms with Gasteiger partial charge in [0, 0.05) is 18.0 Å². The van der Waals surface area contributed by atoms with E-state index in [0.717, 1.165) is 0 Å². The standard InChI is InChI=1S/C16H15NO4/c1-20-14-6-5-11(9-15(14)21-2)8-13(16(18)19)12-4-3-7-17-10-12/h3-10H,1-2H3,(H,18,19). The third-order valence-corrected chi connectivity index (χ3v) is 2.92. The van der Waals surface area contributed by atoms with E-state index < -0.39 is 5.97 Å². The van der Waals surface area contributed by atoms with Crippen LogP contribution >= 0.6 is 0 Å². The Kier molecular flexibility index (Phi) is 4.56. The number of nitrogens with zero attached hydrogens (tertiary/aromatic N) is 1. The third-order valence-electron chi connectivity index (χ3n) is 2.92. The van der Waals surface area contributed by atoms with Gasteiger partial charge in [0.05, 0.1) is 19.8 Å². The first-order valence-corrected chi connectivity index (χ1v) is 6.23. The molecule has 0 aliphatic heterocycles. The number of hydrogen-bond acceptors (Lipinski definition) is 4. The van der Waals surface area contributed by atoms with Crippen molar-refractivity contribution in [3.05, 3.63) is 53.9 Å². The van der Waals surface area contributed by atoms with Crippen LogP contribution in [0.15, 0.2) is 42.7 Å². The molecule has 1 aromatic heterocycles. The van der Waals surface area contributed by atoms with E-state index in [1.807, 2.05) is 0 Å². The Labute approximate surface area is 122 Å². The quantitative estimate of drug-likeness (QED) is 0.855. The zero-order valence-corrected chi connectivity index (χ0v) is 11.7. The normalized spacial score (nSPS) is 11.0. The van der Waals surface area contributed by atoms with Crippen LogP contribution in [-0.2, 0) is 4.79 Å². The molecule has 0 spiro atoms. The number of hydrogen-bond donors (Lipinski definition) is 1. The fourth-order valence-electron chi connectivity index (χ4n) is 1.90. The summed E-state index contributed by atoms with van der Waals surface area (Å²) < 4.78 is 10.4. The van der Waals surface area contributed by atoms with Crippen LogP contribution in [-0.4, -0.2) is 30.3 Å². The first kappa shape index (κ1) is 14.6. The Morgan fingerprint density at radius 1 is 1.19 bits per heavy atom. The second-order valence-electron chi connectivity index (χ2n) is 4.22. The second kappa shape index (κ2) is 6.56. The topological polar surface area (TPSA) is 68.7 Å². The van der Waals surface area contributed by atoms with Gasteiger partial charge in [-0.2, -0.15) is 0 Å². The van der Waals surface area contributed by atoms with E-state index in [0.29, 0.717) is 22.6 Å². The zero-order valence-electron chi connectivity index (χ0n) is 11.7. The maximum atomic E-state index is 11.4. The molecule has 0 radical (unpaired) electrons. The van der Waals surface area contributed by atoms with E-state index in [1.165, 1.54) is 13.3 Å². The molecule has 0 amide bonds. The predicted octanol–water partition coefficient (Wildman–Crippen LogP) is 2.72. The summed E-state index contributed by atoms with van der Waals surface area (Å²) in [6.07, 6.45) is 4.68. The summed E-state index contributed by atoms with van der Waals surface area (Å²) in [5.41, 5.74) is 1.41. The Balaban J connectivity index is 2.46. The Morgan fingerprint density at radius 3 is 2.52 bits per heavy atom. The van der Waals surface area contributed by atoms with Gasteiger partial charge in [-0.05, 0) is 29.8 Å². The van der Waals surface area contributed by atoms with E-state index in [-0.39, 0.29) is 5.57 Å². The molecule has 0 atom stereocenters. The van der Waals surface area contributed by atoms with Gasteiger partial charge in [-0.15, -0.1) is 0 Å². The first-order valence-electron chi connectivity index (χ1n) is 6.23. The van der Waals surface area contributed by atoms with Gasteiger partial charge in [-0.25, -0.2) is 4.79 Å². The highest BCUT2D eigenvalue weighted by Gasteiger charge is 2.11. The van der Waals surface area contributed by atoms with Gasteiger partial charge >= 0.3 is 5.97 Å². The number of aromatic nitrogens is 1. The lowest BCUT2D eigenvalue weighted by atomic mass is 10.0. The molecule has 5 heteroatoms. The van der Waals surface area contributed by atoms with Crippen molar-refractivity contribution < 1.29 is 19.4 Å². The molecule has 0 bridgehead atoms. The minimum absolute atomic E-state index is 0.162. The van der Waals surface area contributed by atoms with Crippen LogP contribution in [0.2, 0.25) is 0 Å². The molecule has 5 nitrogen and oxygen atoms in total. The molecule has 21 heavy (non-hydrogen) atoms. The van der Waals surface area contributed by atoms with Crippen LogP contribution in [0.3, 0.4) is 0 Å². The van der Waals surface area contributed by atoms with Crippen molar-refractivity contribution in [2.45, 2.75) is 0 Å². The molecule has 0 fully saturated rings. The van der Waals surface area contributed by atoms with Crippen molar-refractivity contribution in [1.29, 1.82) is 0 Å². The lowest BCUT2D eigenvalue weighted by Gasteiger charge is -2.08. The number of carboxylic acid groups (broad SMARTS) is 1. The molecular formula is C16H15NO4. The molecule has 108 valence electrons. The van der Waals surface area contributed by atoms with Gasteiger partial charge < -0.3 is 14.6 Å². The lowest BCUT2D eigenvalue weighted by Crippen LogP contribution is -2.00. The van der Waals surface area contributed by atoms with Gasteiger partial charge in [0.25, 0.3) is 0 Å². The molecule has 2 rings (SSSR count). The van der Waals surface area contributed by atoms with Crippen molar-refractivity contribution in [3.63, 3.8) is 0 Å². The maximum absolute atomic E-state index is 11.4. The summed E-state index contributed by atoms with van der Waals surface area (Å²) >= 11 is 0. The average Bonchev–Trinajstić information content (AvgIpc) is 2.52. The second-order valence-corrected chi connectivity index (χ2v) is 4.22. The van der Waals surface area contributed by atoms with Crippen LogP contribution in [0, 0.1) is 0 Å². The van der Waals surface area contributed by atoms with Crippen LogP contribution in [0.1, 0.15) is 11.1 Å². The van der Waals surface area contributed by atoms with E-state index in [4.69, 9.17) is 9.47 Å². The predicted molar refractivity (Wildman–Crippen MR) is 79.3 cm³/mol. The molecule has 0 saturated heterocycles. The minimum atomic E-state index is -1.02. The van der Waals surface area contributed by atoms with Gasteiger partial charge in [-0.3, -0.25) is 4.98 Å². The molecule has 0 aliphatic rings. The summed E-state index contributed by atoms with van der Waals surface area (Å²) in [5.74, 6) is 0.118. The zero-order chi connectivity index (χ0) is 15.2. The first-order chi connectivity index (χ1) is 10.2. The molecule has 1 heterocycles. The Bertz CT molecular complexity index is 665. The van der Waals surface area contributed by atoms with Crippen molar-refractivity contribution in [2.24, 2.45) is 0 Å². The van der Waals surface area contributed by atoms with Crippen LogP contribution in [0.4, 0.5) is 0 Å².